The maximum atomic E-state index is 12.0. The van der Waals surface area contributed by atoms with Gasteiger partial charge in [-0.25, -0.2) is 4.98 Å². The summed E-state index contributed by atoms with van der Waals surface area (Å²) in [5.41, 5.74) is 6.16. The number of amides is 1. The first-order valence-electron chi connectivity index (χ1n) is 5.20. The number of nitrogens with two attached hydrogens (primary N) is 1. The van der Waals surface area contributed by atoms with Gasteiger partial charge in [-0.1, -0.05) is 18.2 Å². The topological polar surface area (TPSA) is 72.4 Å². The predicted molar refractivity (Wildman–Crippen MR) is 63.6 cm³/mol. The average Bonchev–Trinajstić information content (AvgIpc) is 2.87. The van der Waals surface area contributed by atoms with Gasteiger partial charge in [0.1, 0.15) is 0 Å². The van der Waals surface area contributed by atoms with E-state index in [2.05, 4.69) is 4.98 Å². The normalized spacial score (nSPS) is 10.2. The standard InChI is InChI=1S/C12H13N3O2/c1-15(9-5-3-2-4-6-9)12(16)10-8-14-11(7-13)17-10/h2-6,8H,7,13H2,1H3. The van der Waals surface area contributed by atoms with Crippen LogP contribution in [0, 0.1) is 0 Å². The third-order valence-corrected chi connectivity index (χ3v) is 2.39. The number of aromatic nitrogens is 1. The Morgan fingerprint density at radius 1 is 1.41 bits per heavy atom. The van der Waals surface area contributed by atoms with Crippen molar-refractivity contribution in [3.63, 3.8) is 0 Å². The average molecular weight is 231 g/mol. The minimum absolute atomic E-state index is 0.183. The van der Waals surface area contributed by atoms with E-state index in [1.807, 2.05) is 30.3 Å². The Labute approximate surface area is 98.9 Å². The zero-order chi connectivity index (χ0) is 12.3. The van der Waals surface area contributed by atoms with Crippen molar-refractivity contribution >= 4 is 11.6 Å². The highest BCUT2D eigenvalue weighted by atomic mass is 16.4. The molecule has 0 radical (unpaired) electrons. The first kappa shape index (κ1) is 11.3. The lowest BCUT2D eigenvalue weighted by molar-refractivity contribution is 0.0965. The van der Waals surface area contributed by atoms with Gasteiger partial charge < -0.3 is 15.1 Å². The number of nitrogens with zero attached hydrogens (tertiary/aromatic N) is 2. The van der Waals surface area contributed by atoms with E-state index in [4.69, 9.17) is 10.2 Å². The van der Waals surface area contributed by atoms with Crippen LogP contribution in [0.4, 0.5) is 5.69 Å². The zero-order valence-electron chi connectivity index (χ0n) is 9.46. The van der Waals surface area contributed by atoms with Gasteiger partial charge in [-0.15, -0.1) is 0 Å². The molecule has 0 unspecified atom stereocenters. The van der Waals surface area contributed by atoms with Gasteiger partial charge in [0.25, 0.3) is 5.91 Å². The summed E-state index contributed by atoms with van der Waals surface area (Å²) in [7, 11) is 1.68. The number of para-hydroxylation sites is 1. The Morgan fingerprint density at radius 3 is 2.71 bits per heavy atom. The fourth-order valence-corrected chi connectivity index (χ4v) is 1.44. The van der Waals surface area contributed by atoms with E-state index in [-0.39, 0.29) is 18.2 Å². The summed E-state index contributed by atoms with van der Waals surface area (Å²) in [4.78, 5) is 17.4. The number of benzene rings is 1. The lowest BCUT2D eigenvalue weighted by Crippen LogP contribution is -2.25. The molecule has 1 aromatic heterocycles. The van der Waals surface area contributed by atoms with Gasteiger partial charge in [0.2, 0.25) is 11.7 Å². The summed E-state index contributed by atoms with van der Waals surface area (Å²) in [6, 6.07) is 9.31. The van der Waals surface area contributed by atoms with Crippen LogP contribution in [-0.2, 0) is 6.54 Å². The number of hydrogen-bond acceptors (Lipinski definition) is 4. The largest absolute Gasteiger partial charge is 0.434 e. The summed E-state index contributed by atoms with van der Waals surface area (Å²) < 4.78 is 5.21. The molecule has 5 heteroatoms. The minimum Gasteiger partial charge on any atom is -0.434 e. The van der Waals surface area contributed by atoms with Crippen molar-refractivity contribution < 1.29 is 9.21 Å². The van der Waals surface area contributed by atoms with Gasteiger partial charge >= 0.3 is 0 Å². The fourth-order valence-electron chi connectivity index (χ4n) is 1.44. The molecule has 5 nitrogen and oxygen atoms in total. The molecule has 0 spiro atoms. The second-order valence-electron chi connectivity index (χ2n) is 3.52. The lowest BCUT2D eigenvalue weighted by atomic mass is 10.3. The molecular weight excluding hydrogens is 218 g/mol. The van der Waals surface area contributed by atoms with Crippen LogP contribution < -0.4 is 10.6 Å². The van der Waals surface area contributed by atoms with E-state index in [0.717, 1.165) is 5.69 Å². The van der Waals surface area contributed by atoms with Gasteiger partial charge in [0.05, 0.1) is 12.7 Å². The third kappa shape index (κ3) is 2.34. The molecule has 0 fully saturated rings. The van der Waals surface area contributed by atoms with Gasteiger partial charge in [-0.2, -0.15) is 0 Å². The first-order chi connectivity index (χ1) is 8.22. The molecule has 0 atom stereocenters. The van der Waals surface area contributed by atoms with Gasteiger partial charge in [0.15, 0.2) is 0 Å². The molecule has 1 aromatic carbocycles. The molecular formula is C12H13N3O2. The van der Waals surface area contributed by atoms with Crippen LogP contribution in [0.15, 0.2) is 40.9 Å². The Bertz CT molecular complexity index is 507. The van der Waals surface area contributed by atoms with E-state index >= 15 is 0 Å². The molecule has 1 heterocycles. The Hall–Kier alpha value is -2.14. The van der Waals surface area contributed by atoms with Crippen molar-refractivity contribution in [1.82, 2.24) is 4.98 Å². The molecule has 0 aliphatic heterocycles. The van der Waals surface area contributed by atoms with E-state index in [1.54, 1.807) is 7.05 Å². The highest BCUT2D eigenvalue weighted by molar-refractivity contribution is 6.03. The predicted octanol–water partition coefficient (Wildman–Crippen LogP) is 1.41. The van der Waals surface area contributed by atoms with Crippen LogP contribution in [0.2, 0.25) is 0 Å². The van der Waals surface area contributed by atoms with Crippen LogP contribution in [0.5, 0.6) is 0 Å². The quantitative estimate of drug-likeness (QED) is 0.866. The highest BCUT2D eigenvalue weighted by Crippen LogP contribution is 2.15. The highest BCUT2D eigenvalue weighted by Gasteiger charge is 2.17. The maximum absolute atomic E-state index is 12.0. The number of oxazole rings is 1. The number of rotatable bonds is 3. The third-order valence-electron chi connectivity index (χ3n) is 2.39. The van der Waals surface area contributed by atoms with E-state index in [0.29, 0.717) is 5.89 Å². The molecule has 1 amide bonds. The SMILES string of the molecule is CN(C(=O)c1cnc(CN)o1)c1ccccc1. The summed E-state index contributed by atoms with van der Waals surface area (Å²) >= 11 is 0. The summed E-state index contributed by atoms with van der Waals surface area (Å²) in [6.07, 6.45) is 1.39. The van der Waals surface area contributed by atoms with E-state index in [1.165, 1.54) is 11.1 Å². The maximum Gasteiger partial charge on any atom is 0.295 e. The van der Waals surface area contributed by atoms with Crippen molar-refractivity contribution in [2.24, 2.45) is 5.73 Å². The van der Waals surface area contributed by atoms with Crippen LogP contribution in [0.3, 0.4) is 0 Å². The monoisotopic (exact) mass is 231 g/mol. The molecule has 2 N–H and O–H groups in total. The van der Waals surface area contributed by atoms with E-state index in [9.17, 15) is 4.79 Å². The summed E-state index contributed by atoms with van der Waals surface area (Å²) in [5, 5.41) is 0. The van der Waals surface area contributed by atoms with Crippen molar-refractivity contribution in [3.05, 3.63) is 48.2 Å². The van der Waals surface area contributed by atoms with Crippen LogP contribution in [0.25, 0.3) is 0 Å². The Kier molecular flexibility index (Phi) is 3.20. The molecule has 0 saturated carbocycles. The van der Waals surface area contributed by atoms with Crippen LogP contribution in [0.1, 0.15) is 16.4 Å². The Morgan fingerprint density at radius 2 is 2.12 bits per heavy atom. The minimum atomic E-state index is -0.247. The fraction of sp³-hybridized carbons (Fsp3) is 0.167. The number of carbonyl (C=O) groups excluding carboxylic acids is 1. The van der Waals surface area contributed by atoms with Crippen molar-refractivity contribution in [1.29, 1.82) is 0 Å². The molecule has 17 heavy (non-hydrogen) atoms. The molecule has 2 rings (SSSR count). The van der Waals surface area contributed by atoms with Crippen LogP contribution >= 0.6 is 0 Å². The molecule has 88 valence electrons. The van der Waals surface area contributed by atoms with E-state index < -0.39 is 0 Å². The second-order valence-corrected chi connectivity index (χ2v) is 3.52. The smallest absolute Gasteiger partial charge is 0.295 e. The molecule has 0 aliphatic carbocycles. The van der Waals surface area contributed by atoms with Crippen molar-refractivity contribution in [2.75, 3.05) is 11.9 Å². The molecule has 0 aliphatic rings. The zero-order valence-corrected chi connectivity index (χ0v) is 9.46. The van der Waals surface area contributed by atoms with Crippen LogP contribution in [-0.4, -0.2) is 17.9 Å². The number of carbonyl (C=O) groups is 1. The molecule has 2 aromatic rings. The first-order valence-corrected chi connectivity index (χ1v) is 5.20. The molecule has 0 saturated heterocycles. The number of anilines is 1. The van der Waals surface area contributed by atoms with Gasteiger partial charge in [-0.05, 0) is 12.1 Å². The van der Waals surface area contributed by atoms with Crippen molar-refractivity contribution in [2.45, 2.75) is 6.54 Å². The number of hydrogen-bond donors (Lipinski definition) is 1. The lowest BCUT2D eigenvalue weighted by Gasteiger charge is -2.15. The Balaban J connectivity index is 2.20. The van der Waals surface area contributed by atoms with Crippen molar-refractivity contribution in [3.8, 4) is 0 Å². The summed E-state index contributed by atoms with van der Waals surface area (Å²) in [6.45, 7) is 0.183. The van der Waals surface area contributed by atoms with Gasteiger partial charge in [-0.3, -0.25) is 4.79 Å². The second kappa shape index (κ2) is 4.80. The van der Waals surface area contributed by atoms with Gasteiger partial charge in [0, 0.05) is 12.7 Å². The summed E-state index contributed by atoms with van der Waals surface area (Å²) in [5.74, 6) is 0.301. The molecule has 0 bridgehead atoms.